The number of fused-ring (bicyclic) bond motifs is 3. The summed E-state index contributed by atoms with van der Waals surface area (Å²) in [6.45, 7) is 6.32. The van der Waals surface area contributed by atoms with E-state index >= 15 is 0 Å². The van der Waals surface area contributed by atoms with Crippen molar-refractivity contribution in [3.8, 4) is 16.9 Å². The zero-order valence-corrected chi connectivity index (χ0v) is 21.2. The number of primary amides is 1. The van der Waals surface area contributed by atoms with Crippen molar-refractivity contribution >= 4 is 17.5 Å². The first-order valence-electron chi connectivity index (χ1n) is 12.4. The second-order valence-corrected chi connectivity index (χ2v) is 11.3. The van der Waals surface area contributed by atoms with Gasteiger partial charge in [-0.2, -0.15) is 0 Å². The highest BCUT2D eigenvalue weighted by atomic mass is 16.3. The maximum Gasteiger partial charge on any atom is 0.255 e. The second-order valence-electron chi connectivity index (χ2n) is 11.3. The molecular formula is C29H28N2O7. The number of aliphatic hydroxyl groups is 2. The SMILES string of the molecule is CC(C)(C)c1ccc(-c2ccc(O)c3c2C[C@H]2C[C@H]4CC(O)=C(C(N)=O)C(=O)[C@@]4(O)C(N=O)=C2C3=O)cc1. The number of hydrogen-bond acceptors (Lipinski definition) is 8. The Hall–Kier alpha value is -4.11. The molecule has 5 N–H and O–H groups in total. The van der Waals surface area contributed by atoms with E-state index < -0.39 is 51.9 Å². The van der Waals surface area contributed by atoms with Gasteiger partial charge in [0.25, 0.3) is 5.91 Å². The third kappa shape index (κ3) is 3.53. The third-order valence-electron chi connectivity index (χ3n) is 8.10. The maximum atomic E-state index is 13.8. The van der Waals surface area contributed by atoms with Crippen LogP contribution >= 0.6 is 0 Å². The van der Waals surface area contributed by atoms with E-state index in [-0.39, 0.29) is 41.6 Å². The average molecular weight is 517 g/mol. The van der Waals surface area contributed by atoms with Crippen molar-refractivity contribution in [3.05, 3.63) is 80.6 Å². The van der Waals surface area contributed by atoms with Crippen molar-refractivity contribution < 1.29 is 29.7 Å². The lowest BCUT2D eigenvalue weighted by Crippen LogP contribution is -2.56. The van der Waals surface area contributed by atoms with E-state index in [0.717, 1.165) is 16.7 Å². The van der Waals surface area contributed by atoms with Crippen LogP contribution in [-0.4, -0.2) is 38.4 Å². The Morgan fingerprint density at radius 2 is 1.71 bits per heavy atom. The topological polar surface area (TPSA) is 167 Å². The molecule has 0 radical (unpaired) electrons. The van der Waals surface area contributed by atoms with Crippen LogP contribution in [0.25, 0.3) is 11.1 Å². The highest BCUT2D eigenvalue weighted by Gasteiger charge is 2.60. The number of Topliss-reactive ketones (excluding diaryl/α,β-unsaturated/α-hetero) is 2. The van der Waals surface area contributed by atoms with Crippen LogP contribution in [0.3, 0.4) is 0 Å². The van der Waals surface area contributed by atoms with Crippen molar-refractivity contribution in [3.63, 3.8) is 0 Å². The first-order valence-corrected chi connectivity index (χ1v) is 12.4. The second kappa shape index (κ2) is 8.46. The monoisotopic (exact) mass is 516 g/mol. The van der Waals surface area contributed by atoms with Gasteiger partial charge in [0, 0.05) is 17.9 Å². The summed E-state index contributed by atoms with van der Waals surface area (Å²) in [5.74, 6) is -5.69. The molecule has 1 amide bonds. The van der Waals surface area contributed by atoms with Gasteiger partial charge < -0.3 is 21.1 Å². The molecule has 3 aliphatic rings. The Morgan fingerprint density at radius 1 is 1.05 bits per heavy atom. The summed E-state index contributed by atoms with van der Waals surface area (Å²) in [4.78, 5) is 50.9. The molecule has 0 aliphatic heterocycles. The predicted molar refractivity (Wildman–Crippen MR) is 138 cm³/mol. The normalized spacial score (nSPS) is 25.1. The quantitative estimate of drug-likeness (QED) is 0.356. The first kappa shape index (κ1) is 25.5. The Labute approximate surface area is 218 Å². The van der Waals surface area contributed by atoms with E-state index in [1.807, 2.05) is 24.3 Å². The standard InChI is InChI=1S/C29H28N2O7/c1-28(2,3)15-6-4-13(5-7-15)17-8-9-19(32)22-18(17)11-14-10-16-12-20(33)23(27(30)36)26(35)29(16,37)25(31-38)21(14)24(22)34/h4-9,14,16,32-33,37H,10-12H2,1-3H3,(H2,30,36)/t14-,16+,29+/m1/s1. The van der Waals surface area contributed by atoms with Crippen molar-refractivity contribution in [1.29, 1.82) is 0 Å². The number of ketones is 2. The smallest absolute Gasteiger partial charge is 0.255 e. The lowest BCUT2D eigenvalue weighted by atomic mass is 9.59. The summed E-state index contributed by atoms with van der Waals surface area (Å²) in [5.41, 5.74) is 4.23. The molecule has 9 nitrogen and oxygen atoms in total. The number of aromatic hydroxyl groups is 1. The van der Waals surface area contributed by atoms with Crippen LogP contribution in [-0.2, 0) is 21.4 Å². The Kier molecular flexibility index (Phi) is 5.68. The minimum absolute atomic E-state index is 0.0198. The number of hydrogen-bond donors (Lipinski definition) is 4. The number of phenolic OH excluding ortho intramolecular Hbond substituents is 1. The Bertz CT molecular complexity index is 1490. The number of amides is 1. The molecule has 0 saturated carbocycles. The van der Waals surface area contributed by atoms with Gasteiger partial charge in [0.15, 0.2) is 11.4 Å². The van der Waals surface area contributed by atoms with Gasteiger partial charge in [-0.25, -0.2) is 0 Å². The molecule has 196 valence electrons. The fourth-order valence-corrected chi connectivity index (χ4v) is 6.16. The van der Waals surface area contributed by atoms with Crippen LogP contribution in [0.2, 0.25) is 0 Å². The summed E-state index contributed by atoms with van der Waals surface area (Å²) in [5, 5.41) is 35.5. The maximum absolute atomic E-state index is 13.8. The van der Waals surface area contributed by atoms with Crippen LogP contribution in [0.15, 0.2) is 64.2 Å². The van der Waals surface area contributed by atoms with Gasteiger partial charge in [-0.05, 0) is 57.7 Å². The molecule has 0 heterocycles. The zero-order valence-electron chi connectivity index (χ0n) is 21.2. The Morgan fingerprint density at radius 3 is 2.29 bits per heavy atom. The van der Waals surface area contributed by atoms with E-state index in [1.165, 1.54) is 6.07 Å². The number of nitroso groups, excluding NO2 is 1. The fraction of sp³-hybridized carbons (Fsp3) is 0.345. The van der Waals surface area contributed by atoms with Gasteiger partial charge in [0.2, 0.25) is 5.78 Å². The average Bonchev–Trinajstić information content (AvgIpc) is 2.84. The number of nitrogens with two attached hydrogens (primary N) is 1. The van der Waals surface area contributed by atoms with Crippen molar-refractivity contribution in [2.45, 2.75) is 51.0 Å². The van der Waals surface area contributed by atoms with Crippen LogP contribution < -0.4 is 5.73 Å². The highest BCUT2D eigenvalue weighted by Crippen LogP contribution is 2.53. The van der Waals surface area contributed by atoms with E-state index in [0.29, 0.717) is 5.56 Å². The molecule has 0 unspecified atom stereocenters. The number of carbonyl (C=O) groups excluding carboxylic acids is 3. The summed E-state index contributed by atoms with van der Waals surface area (Å²) >= 11 is 0. The fourth-order valence-electron chi connectivity index (χ4n) is 6.16. The molecule has 5 rings (SSSR count). The zero-order chi connectivity index (χ0) is 27.7. The predicted octanol–water partition coefficient (Wildman–Crippen LogP) is 3.75. The molecule has 2 aromatic rings. The minimum Gasteiger partial charge on any atom is -0.511 e. The number of allylic oxidation sites excluding steroid dienone is 2. The van der Waals surface area contributed by atoms with Crippen LogP contribution in [0.1, 0.15) is 55.1 Å². The number of nitrogens with zero attached hydrogens (tertiary/aromatic N) is 1. The molecule has 0 fully saturated rings. The molecule has 3 aliphatic carbocycles. The van der Waals surface area contributed by atoms with Crippen molar-refractivity contribution in [2.75, 3.05) is 0 Å². The molecule has 0 bridgehead atoms. The van der Waals surface area contributed by atoms with E-state index in [9.17, 15) is 34.6 Å². The summed E-state index contributed by atoms with van der Waals surface area (Å²) in [7, 11) is 0. The third-order valence-corrected chi connectivity index (χ3v) is 8.10. The van der Waals surface area contributed by atoms with Gasteiger partial charge in [-0.15, -0.1) is 4.91 Å². The van der Waals surface area contributed by atoms with Gasteiger partial charge in [0.05, 0.1) is 5.56 Å². The molecule has 38 heavy (non-hydrogen) atoms. The largest absolute Gasteiger partial charge is 0.511 e. The lowest BCUT2D eigenvalue weighted by molar-refractivity contribution is -0.140. The molecule has 3 atom stereocenters. The molecule has 0 spiro atoms. The number of aliphatic hydroxyl groups excluding tert-OH is 1. The number of benzene rings is 2. The van der Waals surface area contributed by atoms with E-state index in [2.05, 4.69) is 25.9 Å². The number of phenols is 1. The van der Waals surface area contributed by atoms with Gasteiger partial charge in [-0.3, -0.25) is 14.4 Å². The molecule has 0 saturated heterocycles. The summed E-state index contributed by atoms with van der Waals surface area (Å²) < 4.78 is 0. The lowest BCUT2D eigenvalue weighted by Gasteiger charge is -2.45. The summed E-state index contributed by atoms with van der Waals surface area (Å²) in [6.07, 6.45) is 0.00949. The van der Waals surface area contributed by atoms with E-state index in [4.69, 9.17) is 5.73 Å². The van der Waals surface area contributed by atoms with Gasteiger partial charge >= 0.3 is 0 Å². The minimum atomic E-state index is -2.59. The van der Waals surface area contributed by atoms with Crippen LogP contribution in [0.4, 0.5) is 0 Å². The van der Waals surface area contributed by atoms with Gasteiger partial charge in [0.1, 0.15) is 22.8 Å². The molecule has 0 aromatic heterocycles. The molecule has 9 heteroatoms. The van der Waals surface area contributed by atoms with Crippen LogP contribution in [0, 0.1) is 16.7 Å². The van der Waals surface area contributed by atoms with Crippen molar-refractivity contribution in [1.82, 2.24) is 0 Å². The Balaban J connectivity index is 1.67. The number of carbonyl (C=O) groups is 3. The summed E-state index contributed by atoms with van der Waals surface area (Å²) in [6, 6.07) is 11.1. The molecule has 2 aromatic carbocycles. The van der Waals surface area contributed by atoms with Gasteiger partial charge in [-0.1, -0.05) is 51.1 Å². The highest BCUT2D eigenvalue weighted by molar-refractivity contribution is 6.24. The number of rotatable bonds is 3. The van der Waals surface area contributed by atoms with Crippen molar-refractivity contribution in [2.24, 2.45) is 22.7 Å². The first-order chi connectivity index (χ1) is 17.8. The van der Waals surface area contributed by atoms with E-state index in [1.54, 1.807) is 6.07 Å². The van der Waals surface area contributed by atoms with Crippen LogP contribution in [0.5, 0.6) is 5.75 Å². The molecular weight excluding hydrogens is 488 g/mol.